The monoisotopic (exact) mass is 374 g/mol. The summed E-state index contributed by atoms with van der Waals surface area (Å²) in [4.78, 5) is 11.4. The van der Waals surface area contributed by atoms with Gasteiger partial charge in [-0.1, -0.05) is 0 Å². The van der Waals surface area contributed by atoms with Crippen LogP contribution in [0.4, 0.5) is 17.6 Å². The third-order valence-corrected chi connectivity index (χ3v) is 4.79. The van der Waals surface area contributed by atoms with E-state index in [-0.39, 0.29) is 17.1 Å². The van der Waals surface area contributed by atoms with Gasteiger partial charge in [-0.2, -0.15) is 8.78 Å². The van der Waals surface area contributed by atoms with E-state index in [4.69, 9.17) is 4.74 Å². The Morgan fingerprint density at radius 1 is 1.08 bits per heavy atom. The van der Waals surface area contributed by atoms with Crippen molar-refractivity contribution in [1.82, 2.24) is 0 Å². The average Bonchev–Trinajstić information content (AvgIpc) is 2.68. The number of hydrogen-bond acceptors (Lipinski definition) is 4. The van der Waals surface area contributed by atoms with Crippen molar-refractivity contribution < 1.29 is 35.5 Å². The lowest BCUT2D eigenvalue weighted by Gasteiger charge is -2.12. The molecule has 0 radical (unpaired) electrons. The lowest BCUT2D eigenvalue weighted by Crippen LogP contribution is -2.24. The highest BCUT2D eigenvalue weighted by atomic mass is 32.2. The molecule has 0 amide bonds. The Balaban J connectivity index is 2.17. The quantitative estimate of drug-likeness (QED) is 0.771. The molecular weight excluding hydrogens is 364 g/mol. The second kappa shape index (κ2) is 5.55. The Morgan fingerprint density at radius 3 is 2.24 bits per heavy atom. The van der Waals surface area contributed by atoms with Gasteiger partial charge in [0.05, 0.1) is 4.90 Å². The first-order chi connectivity index (χ1) is 11.5. The SMILES string of the molecule is CS(=O)(=O)c1ccc(Oc2cc(F)cc(F)c2)c2c1C(=O)C(F)(F)C2. The number of benzene rings is 2. The molecule has 132 valence electrons. The van der Waals surface area contributed by atoms with Gasteiger partial charge >= 0.3 is 5.92 Å². The lowest BCUT2D eigenvalue weighted by molar-refractivity contribution is 0.0165. The fraction of sp³-hybridized carbons (Fsp3) is 0.188. The van der Waals surface area contributed by atoms with Crippen LogP contribution in [-0.4, -0.2) is 26.4 Å². The molecule has 0 saturated heterocycles. The van der Waals surface area contributed by atoms with Crippen LogP contribution in [0.15, 0.2) is 35.2 Å². The van der Waals surface area contributed by atoms with Crippen LogP contribution < -0.4 is 4.74 Å². The van der Waals surface area contributed by atoms with Crippen LogP contribution in [0, 0.1) is 11.6 Å². The Hall–Kier alpha value is -2.42. The topological polar surface area (TPSA) is 60.4 Å². The van der Waals surface area contributed by atoms with E-state index in [2.05, 4.69) is 0 Å². The van der Waals surface area contributed by atoms with Crippen molar-refractivity contribution >= 4 is 15.6 Å². The van der Waals surface area contributed by atoms with Gasteiger partial charge in [0.25, 0.3) is 0 Å². The molecular formula is C16H10F4O4S. The summed E-state index contributed by atoms with van der Waals surface area (Å²) in [5, 5.41) is 0. The molecule has 0 saturated carbocycles. The van der Waals surface area contributed by atoms with Crippen LogP contribution in [0.1, 0.15) is 15.9 Å². The Morgan fingerprint density at radius 2 is 1.68 bits per heavy atom. The zero-order valence-electron chi connectivity index (χ0n) is 12.6. The Bertz CT molecular complexity index is 979. The number of alkyl halides is 2. The highest BCUT2D eigenvalue weighted by Crippen LogP contribution is 2.43. The molecule has 0 aliphatic heterocycles. The number of rotatable bonds is 3. The molecule has 1 aliphatic rings. The van der Waals surface area contributed by atoms with E-state index < -0.39 is 50.1 Å². The summed E-state index contributed by atoms with van der Waals surface area (Å²) in [6.45, 7) is 0. The van der Waals surface area contributed by atoms with Crippen molar-refractivity contribution in [3.05, 3.63) is 53.1 Å². The van der Waals surface area contributed by atoms with E-state index >= 15 is 0 Å². The third-order valence-electron chi connectivity index (χ3n) is 3.65. The molecule has 0 bridgehead atoms. The molecule has 0 atom stereocenters. The minimum Gasteiger partial charge on any atom is -0.457 e. The van der Waals surface area contributed by atoms with Crippen molar-refractivity contribution in [2.45, 2.75) is 17.2 Å². The highest BCUT2D eigenvalue weighted by molar-refractivity contribution is 7.90. The maximum absolute atomic E-state index is 13.8. The maximum atomic E-state index is 13.8. The third kappa shape index (κ3) is 3.11. The second-order valence-corrected chi connectivity index (χ2v) is 7.59. The molecule has 25 heavy (non-hydrogen) atoms. The van der Waals surface area contributed by atoms with E-state index in [1.165, 1.54) is 0 Å². The smallest absolute Gasteiger partial charge is 0.313 e. The van der Waals surface area contributed by atoms with Crippen molar-refractivity contribution in [3.63, 3.8) is 0 Å². The van der Waals surface area contributed by atoms with Crippen molar-refractivity contribution in [3.8, 4) is 11.5 Å². The number of halogens is 4. The van der Waals surface area contributed by atoms with Gasteiger partial charge in [-0.15, -0.1) is 0 Å². The van der Waals surface area contributed by atoms with Gasteiger partial charge in [0.1, 0.15) is 23.1 Å². The molecule has 1 aliphatic carbocycles. The number of fused-ring (bicyclic) bond motifs is 1. The van der Waals surface area contributed by atoms with Crippen LogP contribution in [0.5, 0.6) is 11.5 Å². The lowest BCUT2D eigenvalue weighted by atomic mass is 10.1. The molecule has 0 fully saturated rings. The molecule has 0 spiro atoms. The zero-order chi connectivity index (χ0) is 18.6. The van der Waals surface area contributed by atoms with Gasteiger partial charge in [-0.3, -0.25) is 4.79 Å². The van der Waals surface area contributed by atoms with E-state index in [9.17, 15) is 30.8 Å². The minimum atomic E-state index is -3.94. The van der Waals surface area contributed by atoms with Gasteiger partial charge in [0.15, 0.2) is 9.84 Å². The molecule has 2 aromatic rings. The first kappa shape index (κ1) is 17.4. The predicted molar refractivity (Wildman–Crippen MR) is 79.0 cm³/mol. The average molecular weight is 374 g/mol. The molecule has 4 nitrogen and oxygen atoms in total. The van der Waals surface area contributed by atoms with E-state index in [0.29, 0.717) is 6.07 Å². The first-order valence-electron chi connectivity index (χ1n) is 6.91. The number of carbonyl (C=O) groups excluding carboxylic acids is 1. The fourth-order valence-corrected chi connectivity index (χ4v) is 3.54. The van der Waals surface area contributed by atoms with Crippen molar-refractivity contribution in [1.29, 1.82) is 0 Å². The summed E-state index contributed by atoms with van der Waals surface area (Å²) < 4.78 is 82.9. The van der Waals surface area contributed by atoms with Crippen LogP contribution in [0.3, 0.4) is 0 Å². The Labute approximate surface area is 140 Å². The van der Waals surface area contributed by atoms with E-state index in [1.807, 2.05) is 0 Å². The van der Waals surface area contributed by atoms with Gasteiger partial charge in [-0.25, -0.2) is 17.2 Å². The number of ether oxygens (including phenoxy) is 1. The molecule has 0 unspecified atom stereocenters. The predicted octanol–water partition coefficient (Wildman–Crippen LogP) is 3.53. The molecule has 0 heterocycles. The largest absolute Gasteiger partial charge is 0.457 e. The number of Topliss-reactive ketones (excluding diaryl/α,β-unsaturated/α-hetero) is 1. The van der Waals surface area contributed by atoms with Crippen LogP contribution >= 0.6 is 0 Å². The standard InChI is InChI=1S/C16H10F4O4S/c1-25(22,23)13-3-2-12(11-7-16(19,20)15(21)14(11)13)24-10-5-8(17)4-9(18)6-10/h2-6H,7H2,1H3. The molecule has 9 heteroatoms. The second-order valence-electron chi connectivity index (χ2n) is 5.61. The van der Waals surface area contributed by atoms with Crippen LogP contribution in [0.25, 0.3) is 0 Å². The van der Waals surface area contributed by atoms with Crippen LogP contribution in [-0.2, 0) is 16.3 Å². The van der Waals surface area contributed by atoms with E-state index in [0.717, 1.165) is 30.5 Å². The summed E-state index contributed by atoms with van der Waals surface area (Å²) >= 11 is 0. The van der Waals surface area contributed by atoms with Crippen LogP contribution in [0.2, 0.25) is 0 Å². The van der Waals surface area contributed by atoms with Crippen molar-refractivity contribution in [2.75, 3.05) is 6.26 Å². The van der Waals surface area contributed by atoms with Gasteiger partial charge < -0.3 is 4.74 Å². The maximum Gasteiger partial charge on any atom is 0.313 e. The van der Waals surface area contributed by atoms with Crippen molar-refractivity contribution in [2.24, 2.45) is 0 Å². The normalized spacial score (nSPS) is 16.0. The molecule has 3 rings (SSSR count). The minimum absolute atomic E-state index is 0.266. The molecule has 2 aromatic carbocycles. The summed E-state index contributed by atoms with van der Waals surface area (Å²) in [5.74, 6) is -7.87. The first-order valence-corrected chi connectivity index (χ1v) is 8.81. The molecule has 0 aromatic heterocycles. The Kier molecular flexibility index (Phi) is 3.86. The number of sulfone groups is 1. The summed E-state index contributed by atoms with van der Waals surface area (Å²) in [5.41, 5.74) is -0.968. The zero-order valence-corrected chi connectivity index (χ0v) is 13.5. The summed E-state index contributed by atoms with van der Waals surface area (Å²) in [7, 11) is -3.94. The molecule has 0 N–H and O–H groups in total. The van der Waals surface area contributed by atoms with Gasteiger partial charge in [0, 0.05) is 42.0 Å². The van der Waals surface area contributed by atoms with Gasteiger partial charge in [0.2, 0.25) is 5.78 Å². The number of hydrogen-bond donors (Lipinski definition) is 0. The highest BCUT2D eigenvalue weighted by Gasteiger charge is 2.50. The van der Waals surface area contributed by atoms with Gasteiger partial charge in [-0.05, 0) is 12.1 Å². The fourth-order valence-electron chi connectivity index (χ4n) is 2.64. The summed E-state index contributed by atoms with van der Waals surface area (Å²) in [6.07, 6.45) is -0.271. The number of ketones is 1. The van der Waals surface area contributed by atoms with E-state index in [1.54, 1.807) is 0 Å². The number of carbonyl (C=O) groups is 1. The summed E-state index contributed by atoms with van der Waals surface area (Å²) in [6, 6.07) is 4.29.